The van der Waals surface area contributed by atoms with Crippen molar-refractivity contribution in [3.05, 3.63) is 83.7 Å². The zero-order chi connectivity index (χ0) is 26.4. The van der Waals surface area contributed by atoms with Crippen LogP contribution in [0, 0.1) is 29.4 Å². The molecule has 9 heteroatoms. The number of benzene rings is 2. The smallest absolute Gasteiger partial charge is 0.306 e. The number of amidine groups is 1. The highest BCUT2D eigenvalue weighted by Gasteiger charge is 2.39. The zero-order valence-electron chi connectivity index (χ0n) is 20.7. The van der Waals surface area contributed by atoms with E-state index in [4.69, 9.17) is 10.8 Å². The van der Waals surface area contributed by atoms with E-state index < -0.39 is 23.8 Å². The average Bonchev–Trinajstić information content (AvgIpc) is 3.55. The van der Waals surface area contributed by atoms with E-state index in [1.807, 2.05) is 47.2 Å². The summed E-state index contributed by atoms with van der Waals surface area (Å²) in [4.78, 5) is 18.1. The maximum atomic E-state index is 14.0. The number of carbonyl (C=O) groups is 1. The molecular weight excluding hydrogens is 488 g/mol. The lowest BCUT2D eigenvalue weighted by atomic mass is 9.65. The Labute approximate surface area is 218 Å². The molecule has 3 aliphatic carbocycles. The number of aromatic amines is 1. The summed E-state index contributed by atoms with van der Waals surface area (Å²) in [5.74, 6) is 0.646. The number of anilines is 1. The Hall–Kier alpha value is -3.98. The number of aromatic nitrogens is 2. The Balaban J connectivity index is 0.000000200. The second-order valence-corrected chi connectivity index (χ2v) is 10.3. The summed E-state index contributed by atoms with van der Waals surface area (Å²) in [6, 6.07) is 13.9. The van der Waals surface area contributed by atoms with Crippen molar-refractivity contribution in [3.8, 4) is 5.69 Å². The minimum atomic E-state index is -0.648. The molecule has 4 aromatic rings. The Morgan fingerprint density at radius 3 is 2.50 bits per heavy atom. The largest absolute Gasteiger partial charge is 0.481 e. The first-order chi connectivity index (χ1) is 18.4. The minimum Gasteiger partial charge on any atom is -0.481 e. The number of hydrogen-bond donors (Lipinski definition) is 4. The normalized spacial score (nSPS) is 23.7. The van der Waals surface area contributed by atoms with Crippen molar-refractivity contribution in [3.63, 3.8) is 0 Å². The number of nitrogens with zero attached hydrogens (tertiary/aromatic N) is 2. The topological polar surface area (TPSA) is 108 Å². The number of carboxylic acid groups (broad SMARTS) is 1. The minimum absolute atomic E-state index is 0.00231. The standard InChI is InChI=1S/C20H15F2N5.C9H14O2/c21-11-8-14-15(10-24-17(14)16(22)9-11)19-25-18(23)13-6-7-27(20(13)26-19)12-4-2-1-3-5-12;10-9(11)8-5-6-1-3-7(8)4-2-6/h1-10,18,24H,23H2,(H,25,26);6-8H,1-5H2,(H,10,11). The van der Waals surface area contributed by atoms with Crippen molar-refractivity contribution < 1.29 is 18.7 Å². The van der Waals surface area contributed by atoms with E-state index in [1.165, 1.54) is 31.7 Å². The van der Waals surface area contributed by atoms with E-state index in [2.05, 4.69) is 15.3 Å². The molecule has 2 atom stereocenters. The molecule has 2 aromatic heterocycles. The van der Waals surface area contributed by atoms with Gasteiger partial charge in [0.15, 0.2) is 0 Å². The zero-order valence-corrected chi connectivity index (χ0v) is 20.7. The predicted octanol–water partition coefficient (Wildman–Crippen LogP) is 5.96. The highest BCUT2D eigenvalue weighted by atomic mass is 19.1. The third kappa shape index (κ3) is 4.36. The van der Waals surface area contributed by atoms with Crippen molar-refractivity contribution in [1.82, 2.24) is 9.55 Å². The number of carboxylic acids is 1. The van der Waals surface area contributed by atoms with Crippen LogP contribution in [0.4, 0.5) is 14.6 Å². The van der Waals surface area contributed by atoms with Gasteiger partial charge in [0.1, 0.15) is 29.5 Å². The number of rotatable bonds is 3. The van der Waals surface area contributed by atoms with Crippen LogP contribution in [0.25, 0.3) is 16.6 Å². The fraction of sp³-hybridized carbons (Fsp3) is 0.310. The number of aliphatic carboxylic acids is 1. The fourth-order valence-electron chi connectivity index (χ4n) is 6.14. The van der Waals surface area contributed by atoms with E-state index >= 15 is 0 Å². The molecule has 2 aromatic carbocycles. The maximum Gasteiger partial charge on any atom is 0.306 e. The van der Waals surface area contributed by atoms with Gasteiger partial charge in [-0.25, -0.2) is 13.8 Å². The van der Waals surface area contributed by atoms with Crippen molar-refractivity contribution in [2.45, 2.75) is 38.3 Å². The van der Waals surface area contributed by atoms with Crippen LogP contribution in [0.2, 0.25) is 0 Å². The third-order valence-corrected chi connectivity index (χ3v) is 8.10. The lowest BCUT2D eigenvalue weighted by Gasteiger charge is -2.40. The Bertz CT molecular complexity index is 1520. The van der Waals surface area contributed by atoms with Crippen molar-refractivity contribution in [1.29, 1.82) is 0 Å². The monoisotopic (exact) mass is 517 g/mol. The van der Waals surface area contributed by atoms with Gasteiger partial charge in [-0.2, -0.15) is 0 Å². The van der Waals surface area contributed by atoms with Gasteiger partial charge in [0.05, 0.1) is 11.4 Å². The summed E-state index contributed by atoms with van der Waals surface area (Å²) in [5.41, 5.74) is 8.84. The molecule has 3 heterocycles. The van der Waals surface area contributed by atoms with Gasteiger partial charge in [0, 0.05) is 40.7 Å². The van der Waals surface area contributed by atoms with E-state index in [9.17, 15) is 13.6 Å². The Kier molecular flexibility index (Phi) is 6.23. The van der Waals surface area contributed by atoms with Gasteiger partial charge in [-0.3, -0.25) is 4.79 Å². The number of para-hydroxylation sites is 1. The Morgan fingerprint density at radius 1 is 1.08 bits per heavy atom. The van der Waals surface area contributed by atoms with Crippen LogP contribution in [0.3, 0.4) is 0 Å². The Morgan fingerprint density at radius 2 is 1.84 bits per heavy atom. The number of nitrogens with two attached hydrogens (primary N) is 1. The maximum absolute atomic E-state index is 14.0. The lowest BCUT2D eigenvalue weighted by molar-refractivity contribution is -0.147. The van der Waals surface area contributed by atoms with E-state index in [0.29, 0.717) is 22.7 Å². The fourth-order valence-corrected chi connectivity index (χ4v) is 6.14. The summed E-state index contributed by atoms with van der Waals surface area (Å²) < 4.78 is 29.7. The number of fused-ring (bicyclic) bond motifs is 5. The van der Waals surface area contributed by atoms with Gasteiger partial charge >= 0.3 is 5.97 Å². The first-order valence-electron chi connectivity index (χ1n) is 13.0. The van der Waals surface area contributed by atoms with Gasteiger partial charge in [-0.15, -0.1) is 0 Å². The first-order valence-corrected chi connectivity index (χ1v) is 13.0. The van der Waals surface area contributed by atoms with Crippen LogP contribution >= 0.6 is 0 Å². The highest BCUT2D eigenvalue weighted by Crippen LogP contribution is 2.44. The van der Waals surface area contributed by atoms with Gasteiger partial charge in [-0.05, 0) is 55.4 Å². The van der Waals surface area contributed by atoms with Gasteiger partial charge in [0.2, 0.25) is 0 Å². The van der Waals surface area contributed by atoms with Crippen LogP contribution in [0.5, 0.6) is 0 Å². The van der Waals surface area contributed by atoms with Crippen molar-refractivity contribution in [2.24, 2.45) is 28.5 Å². The van der Waals surface area contributed by atoms with Crippen molar-refractivity contribution >= 4 is 28.5 Å². The highest BCUT2D eigenvalue weighted by molar-refractivity contribution is 6.16. The molecule has 0 radical (unpaired) electrons. The average molecular weight is 518 g/mol. The SMILES string of the molecule is NC1N=C(c2c[nH]c3c(F)cc(F)cc23)Nc2c1ccn2-c1ccccc1.O=C(O)C1CC2CCC1CC2. The van der Waals surface area contributed by atoms with E-state index in [0.717, 1.165) is 35.5 Å². The van der Waals surface area contributed by atoms with Gasteiger partial charge in [-0.1, -0.05) is 31.0 Å². The van der Waals surface area contributed by atoms with E-state index in [-0.39, 0.29) is 11.4 Å². The quantitative estimate of drug-likeness (QED) is 0.269. The number of H-pyrrole nitrogens is 1. The molecule has 5 N–H and O–H groups in total. The van der Waals surface area contributed by atoms with Crippen LogP contribution in [-0.2, 0) is 4.79 Å². The summed E-state index contributed by atoms with van der Waals surface area (Å²) in [6.07, 6.45) is 8.81. The van der Waals surface area contributed by atoms with Crippen LogP contribution in [0.15, 0.2) is 65.9 Å². The summed E-state index contributed by atoms with van der Waals surface area (Å²) in [5, 5.41) is 12.5. The van der Waals surface area contributed by atoms with Crippen LogP contribution in [-0.4, -0.2) is 26.5 Å². The van der Waals surface area contributed by atoms with Gasteiger partial charge < -0.3 is 25.7 Å². The lowest BCUT2D eigenvalue weighted by Crippen LogP contribution is -2.35. The molecule has 4 aliphatic rings. The third-order valence-electron chi connectivity index (χ3n) is 8.10. The molecule has 38 heavy (non-hydrogen) atoms. The molecule has 1 aliphatic heterocycles. The molecule has 8 rings (SSSR count). The number of halogens is 2. The van der Waals surface area contributed by atoms with Crippen molar-refractivity contribution in [2.75, 3.05) is 5.32 Å². The molecule has 0 amide bonds. The molecule has 2 unspecified atom stereocenters. The predicted molar refractivity (Wildman–Crippen MR) is 142 cm³/mol. The molecule has 7 nitrogen and oxygen atoms in total. The summed E-state index contributed by atoms with van der Waals surface area (Å²) in [6.45, 7) is 0. The number of nitrogens with one attached hydrogen (secondary N) is 2. The van der Waals surface area contributed by atoms with E-state index in [1.54, 1.807) is 6.20 Å². The van der Waals surface area contributed by atoms with Crippen LogP contribution in [0.1, 0.15) is 49.4 Å². The molecule has 0 saturated heterocycles. The molecule has 196 valence electrons. The molecule has 0 spiro atoms. The number of aliphatic imine (C=N–C) groups is 1. The molecular formula is C29H29F2N5O2. The van der Waals surface area contributed by atoms with Gasteiger partial charge in [0.25, 0.3) is 0 Å². The summed E-state index contributed by atoms with van der Waals surface area (Å²) >= 11 is 0. The second-order valence-electron chi connectivity index (χ2n) is 10.3. The second kappa shape index (κ2) is 9.72. The summed E-state index contributed by atoms with van der Waals surface area (Å²) in [7, 11) is 0. The molecule has 3 fully saturated rings. The molecule has 2 bridgehead atoms. The molecule has 3 saturated carbocycles. The number of hydrogen-bond acceptors (Lipinski definition) is 4. The van der Waals surface area contributed by atoms with Crippen LogP contribution < -0.4 is 11.1 Å². The first kappa shape index (κ1) is 24.4.